The molecular weight excluding hydrogens is 424 g/mol. The van der Waals surface area contributed by atoms with Crippen LogP contribution < -0.4 is 4.90 Å². The van der Waals surface area contributed by atoms with E-state index in [1.54, 1.807) is 18.7 Å². The van der Waals surface area contributed by atoms with Gasteiger partial charge in [-0.15, -0.1) is 0 Å². The molecule has 166 valence electrons. The maximum absolute atomic E-state index is 12.0. The third kappa shape index (κ3) is 4.82. The molecule has 0 spiro atoms. The lowest BCUT2D eigenvalue weighted by molar-refractivity contribution is -0.383. The lowest BCUT2D eigenvalue weighted by Gasteiger charge is -2.31. The summed E-state index contributed by atoms with van der Waals surface area (Å²) in [5, 5.41) is 11.9. The van der Waals surface area contributed by atoms with Gasteiger partial charge in [-0.3, -0.25) is 14.9 Å². The topological polar surface area (TPSA) is 133 Å². The number of benzene rings is 1. The minimum Gasteiger partial charge on any atom is -0.466 e. The first kappa shape index (κ1) is 22.6. The van der Waals surface area contributed by atoms with Crippen LogP contribution in [-0.2, 0) is 19.4 Å². The van der Waals surface area contributed by atoms with Crippen LogP contribution in [0.25, 0.3) is 11.3 Å². The molecule has 2 aromatic rings. The molecule has 0 N–H and O–H groups in total. The fraction of sp³-hybridized carbons (Fsp3) is 0.450. The maximum atomic E-state index is 12.0. The van der Waals surface area contributed by atoms with E-state index in [-0.39, 0.29) is 39.7 Å². The zero-order chi connectivity index (χ0) is 22.6. The fourth-order valence-electron chi connectivity index (χ4n) is 3.55. The molecule has 1 saturated heterocycles. The number of carbonyl (C=O) groups excluding carboxylic acids is 1. The highest BCUT2D eigenvalue weighted by atomic mass is 32.2. The molecule has 0 amide bonds. The van der Waals surface area contributed by atoms with Crippen LogP contribution in [0.5, 0.6) is 0 Å². The van der Waals surface area contributed by atoms with Crippen LogP contribution in [0, 0.1) is 16.0 Å². The fourth-order valence-corrected chi connectivity index (χ4v) is 4.44. The predicted octanol–water partition coefficient (Wildman–Crippen LogP) is 2.62. The van der Waals surface area contributed by atoms with Gasteiger partial charge in [0.2, 0.25) is 5.82 Å². The highest BCUT2D eigenvalue weighted by molar-refractivity contribution is 7.91. The molecule has 1 aromatic heterocycles. The van der Waals surface area contributed by atoms with Crippen LogP contribution in [-0.4, -0.2) is 54.7 Å². The summed E-state index contributed by atoms with van der Waals surface area (Å²) in [6, 6.07) is 5.86. The molecule has 0 saturated carbocycles. The Morgan fingerprint density at radius 2 is 1.84 bits per heavy atom. The van der Waals surface area contributed by atoms with Crippen molar-refractivity contribution in [2.75, 3.05) is 30.3 Å². The summed E-state index contributed by atoms with van der Waals surface area (Å²) in [7, 11) is -3.38. The number of carbonyl (C=O) groups is 1. The Bertz CT molecular complexity index is 1060. The highest BCUT2D eigenvalue weighted by Gasteiger charge is 2.32. The molecule has 0 aliphatic carbocycles. The van der Waals surface area contributed by atoms with E-state index in [1.807, 2.05) is 0 Å². The first-order chi connectivity index (χ1) is 14.8. The summed E-state index contributed by atoms with van der Waals surface area (Å²) in [5.74, 6) is -0.333. The van der Waals surface area contributed by atoms with Crippen LogP contribution in [0.4, 0.5) is 11.5 Å². The molecule has 2 heterocycles. The second kappa shape index (κ2) is 9.38. The number of hydrogen-bond donors (Lipinski definition) is 0. The number of sulfone groups is 1. The third-order valence-electron chi connectivity index (χ3n) is 5.27. The zero-order valence-electron chi connectivity index (χ0n) is 17.4. The molecule has 0 bridgehead atoms. The SMILES string of the molecule is CCOC(=O)C1CCN(c2ncnc(-c3ccc(S(=O)(=O)CC)cc3)c2[N+](=O)[O-])CC1. The van der Waals surface area contributed by atoms with E-state index in [0.29, 0.717) is 38.1 Å². The number of aromatic nitrogens is 2. The van der Waals surface area contributed by atoms with Crippen molar-refractivity contribution in [3.8, 4) is 11.3 Å². The molecule has 1 aliphatic rings. The van der Waals surface area contributed by atoms with E-state index in [2.05, 4.69) is 9.97 Å². The van der Waals surface area contributed by atoms with Crippen LogP contribution in [0.15, 0.2) is 35.5 Å². The molecule has 1 aliphatic heterocycles. The Kier molecular flexibility index (Phi) is 6.84. The van der Waals surface area contributed by atoms with Gasteiger partial charge in [0.25, 0.3) is 0 Å². The van der Waals surface area contributed by atoms with E-state index in [9.17, 15) is 23.3 Å². The molecule has 10 nitrogen and oxygen atoms in total. The normalized spacial score (nSPS) is 15.0. The van der Waals surface area contributed by atoms with E-state index in [1.165, 1.54) is 30.6 Å². The van der Waals surface area contributed by atoms with Gasteiger partial charge in [-0.05, 0) is 31.9 Å². The quantitative estimate of drug-likeness (QED) is 0.356. The summed E-state index contributed by atoms with van der Waals surface area (Å²) < 4.78 is 29.1. The van der Waals surface area contributed by atoms with Crippen molar-refractivity contribution < 1.29 is 22.9 Å². The van der Waals surface area contributed by atoms with Crippen molar-refractivity contribution in [2.24, 2.45) is 5.92 Å². The third-order valence-corrected chi connectivity index (χ3v) is 7.02. The van der Waals surface area contributed by atoms with Gasteiger partial charge in [0.05, 0.1) is 28.1 Å². The minimum atomic E-state index is -3.38. The predicted molar refractivity (Wildman–Crippen MR) is 113 cm³/mol. The molecule has 0 atom stereocenters. The van der Waals surface area contributed by atoms with Gasteiger partial charge >= 0.3 is 11.7 Å². The number of anilines is 1. The van der Waals surface area contributed by atoms with Gasteiger partial charge < -0.3 is 9.64 Å². The molecule has 1 aromatic carbocycles. The highest BCUT2D eigenvalue weighted by Crippen LogP contribution is 2.36. The van der Waals surface area contributed by atoms with Crippen molar-refractivity contribution in [1.82, 2.24) is 9.97 Å². The molecule has 0 radical (unpaired) electrons. The van der Waals surface area contributed by atoms with Gasteiger partial charge in [0, 0.05) is 18.7 Å². The molecule has 3 rings (SSSR count). The number of hydrogen-bond acceptors (Lipinski definition) is 9. The Hall–Kier alpha value is -3.08. The van der Waals surface area contributed by atoms with Crippen molar-refractivity contribution in [2.45, 2.75) is 31.6 Å². The van der Waals surface area contributed by atoms with Gasteiger partial charge in [0.1, 0.15) is 6.33 Å². The molecule has 1 fully saturated rings. The van der Waals surface area contributed by atoms with Crippen LogP contribution in [0.3, 0.4) is 0 Å². The number of nitrogens with zero attached hydrogens (tertiary/aromatic N) is 4. The molecular formula is C20H24N4O6S. The Labute approximate surface area is 180 Å². The number of rotatable bonds is 7. The van der Waals surface area contributed by atoms with Crippen LogP contribution in [0.1, 0.15) is 26.7 Å². The van der Waals surface area contributed by atoms with Gasteiger partial charge in [-0.2, -0.15) is 0 Å². The lowest BCUT2D eigenvalue weighted by atomic mass is 9.97. The van der Waals surface area contributed by atoms with E-state index in [4.69, 9.17) is 4.74 Å². The molecule has 11 heteroatoms. The van der Waals surface area contributed by atoms with Crippen molar-refractivity contribution in [3.05, 3.63) is 40.7 Å². The maximum Gasteiger partial charge on any atom is 0.337 e. The average molecular weight is 449 g/mol. The van der Waals surface area contributed by atoms with Crippen molar-refractivity contribution in [1.29, 1.82) is 0 Å². The summed E-state index contributed by atoms with van der Waals surface area (Å²) in [6.45, 7) is 4.47. The zero-order valence-corrected chi connectivity index (χ0v) is 18.2. The van der Waals surface area contributed by atoms with Gasteiger partial charge in [-0.1, -0.05) is 19.1 Å². The van der Waals surface area contributed by atoms with Gasteiger partial charge in [0.15, 0.2) is 15.5 Å². The number of ether oxygens (including phenoxy) is 1. The smallest absolute Gasteiger partial charge is 0.337 e. The summed E-state index contributed by atoms with van der Waals surface area (Å²) in [4.78, 5) is 33.5. The molecule has 0 unspecified atom stereocenters. The van der Waals surface area contributed by atoms with Crippen LogP contribution >= 0.6 is 0 Å². The largest absolute Gasteiger partial charge is 0.466 e. The first-order valence-corrected chi connectivity index (χ1v) is 11.7. The summed E-state index contributed by atoms with van der Waals surface area (Å²) in [5.41, 5.74) is 0.290. The number of piperidine rings is 1. The van der Waals surface area contributed by atoms with E-state index >= 15 is 0 Å². The lowest BCUT2D eigenvalue weighted by Crippen LogP contribution is -2.37. The second-order valence-electron chi connectivity index (χ2n) is 7.09. The summed E-state index contributed by atoms with van der Waals surface area (Å²) in [6.07, 6.45) is 2.28. The monoisotopic (exact) mass is 448 g/mol. The first-order valence-electron chi connectivity index (χ1n) is 10.0. The Morgan fingerprint density at radius 1 is 1.19 bits per heavy atom. The van der Waals surface area contributed by atoms with E-state index < -0.39 is 14.8 Å². The standard InChI is InChI=1S/C20H24N4O6S/c1-3-30-20(25)15-9-11-23(12-10-15)19-18(24(26)27)17(21-13-22-19)14-5-7-16(8-6-14)31(28,29)4-2/h5-8,13,15H,3-4,9-12H2,1-2H3. The second-order valence-corrected chi connectivity index (χ2v) is 9.37. The van der Waals surface area contributed by atoms with Crippen molar-refractivity contribution >= 4 is 27.3 Å². The summed E-state index contributed by atoms with van der Waals surface area (Å²) >= 11 is 0. The number of nitro groups is 1. The molecule has 31 heavy (non-hydrogen) atoms. The minimum absolute atomic E-state index is 0.0358. The van der Waals surface area contributed by atoms with E-state index in [0.717, 1.165) is 0 Å². The average Bonchev–Trinajstić information content (AvgIpc) is 2.79. The Morgan fingerprint density at radius 3 is 2.39 bits per heavy atom. The van der Waals surface area contributed by atoms with Crippen LogP contribution in [0.2, 0.25) is 0 Å². The number of esters is 1. The van der Waals surface area contributed by atoms with Gasteiger partial charge in [-0.25, -0.2) is 18.4 Å². The van der Waals surface area contributed by atoms with Crippen molar-refractivity contribution in [3.63, 3.8) is 0 Å². The Balaban J connectivity index is 1.91.